The van der Waals surface area contributed by atoms with E-state index in [0.29, 0.717) is 34.7 Å². The number of halogens is 8. The molecule has 2 heterocycles. The lowest BCUT2D eigenvalue weighted by Gasteiger charge is -2.48. The van der Waals surface area contributed by atoms with Crippen LogP contribution in [0.2, 0.25) is 10.0 Å². The van der Waals surface area contributed by atoms with Gasteiger partial charge in [0.05, 0.1) is 6.54 Å². The first-order valence-electron chi connectivity index (χ1n) is 23.2. The summed E-state index contributed by atoms with van der Waals surface area (Å²) in [6.45, 7) is 4.60. The van der Waals surface area contributed by atoms with Crippen molar-refractivity contribution >= 4 is 64.6 Å². The standard InChI is InChI=1S/C46H63Cl2F6N7O7/c1-7-31-40(65)58(4)16-9-8-13-34(37(62)56-32(17-25(2)3)41(66)60(6)35(38(63)55-31)20-27-19-28(47)14-15-30(27)48)59(5)42(67)33(18-26-11-10-12-26)57-39(64)36-21-29(49)22-61(36)43(68)44(46(52,53)54)23-45(50,51)24-44/h14-15,19,25-26,29,31-36H,7-13,16-18,20-24H2,1-6H3,(H,55,63)(H,56,62)(H,57,64)/t29-,31-,32+,33+,34+,35+,36+/m1/s1. The van der Waals surface area contributed by atoms with Crippen LogP contribution in [0.3, 0.4) is 0 Å². The molecule has 1 aromatic rings. The van der Waals surface area contributed by atoms with Crippen LogP contribution in [-0.2, 0) is 40.0 Å². The van der Waals surface area contributed by atoms with Crippen LogP contribution in [0.1, 0.15) is 103 Å². The van der Waals surface area contributed by atoms with Gasteiger partial charge in [0.2, 0.25) is 41.4 Å². The minimum absolute atomic E-state index is 0.00105. The van der Waals surface area contributed by atoms with Gasteiger partial charge in [-0.05, 0) is 74.1 Å². The number of alkyl halides is 6. The molecular formula is C46H63Cl2F6N7O7. The molecule has 0 radical (unpaired) electrons. The molecule has 2 aliphatic heterocycles. The number of nitrogens with one attached hydrogen (secondary N) is 3. The summed E-state index contributed by atoms with van der Waals surface area (Å²) in [6.07, 6.45) is -8.89. The van der Waals surface area contributed by atoms with Gasteiger partial charge in [-0.15, -0.1) is 0 Å². The summed E-state index contributed by atoms with van der Waals surface area (Å²) in [7, 11) is 4.26. The number of carbonyl (C=O) groups is 7. The number of hydrogen-bond donors (Lipinski definition) is 3. The lowest BCUT2D eigenvalue weighted by atomic mass is 9.64. The van der Waals surface area contributed by atoms with Gasteiger partial charge < -0.3 is 35.6 Å². The van der Waals surface area contributed by atoms with E-state index in [1.54, 1.807) is 32.2 Å². The zero-order chi connectivity index (χ0) is 50.6. The Morgan fingerprint density at radius 1 is 0.926 bits per heavy atom. The van der Waals surface area contributed by atoms with Crippen molar-refractivity contribution in [1.82, 2.24) is 35.6 Å². The van der Waals surface area contributed by atoms with Crippen LogP contribution in [-0.4, -0.2) is 150 Å². The molecule has 14 nitrogen and oxygen atoms in total. The van der Waals surface area contributed by atoms with Gasteiger partial charge in [-0.25, -0.2) is 13.2 Å². The number of carbonyl (C=O) groups excluding carboxylic acids is 7. The number of amides is 7. The maximum atomic E-state index is 15.0. The Kier molecular flexibility index (Phi) is 17.8. The molecule has 5 rings (SSSR count). The quantitative estimate of drug-likeness (QED) is 0.221. The van der Waals surface area contributed by atoms with Crippen molar-refractivity contribution in [1.29, 1.82) is 0 Å². The Hall–Kier alpha value is -4.33. The summed E-state index contributed by atoms with van der Waals surface area (Å²) in [5.41, 5.74) is -3.08. The topological polar surface area (TPSA) is 169 Å². The highest BCUT2D eigenvalue weighted by atomic mass is 35.5. The summed E-state index contributed by atoms with van der Waals surface area (Å²) in [4.78, 5) is 103. The molecule has 0 aromatic heterocycles. The molecule has 4 aliphatic rings. The van der Waals surface area contributed by atoms with Crippen molar-refractivity contribution in [3.63, 3.8) is 0 Å². The van der Waals surface area contributed by atoms with Gasteiger partial charge in [0.1, 0.15) is 42.4 Å². The first-order chi connectivity index (χ1) is 31.7. The van der Waals surface area contributed by atoms with E-state index in [-0.39, 0.29) is 61.9 Å². The van der Waals surface area contributed by atoms with Crippen molar-refractivity contribution in [2.45, 2.75) is 159 Å². The summed E-state index contributed by atoms with van der Waals surface area (Å²) in [6, 6.07) is -3.38. The third-order valence-corrected chi connectivity index (χ3v) is 14.5. The molecule has 2 saturated carbocycles. The molecule has 0 bridgehead atoms. The van der Waals surface area contributed by atoms with Crippen LogP contribution in [0.25, 0.3) is 0 Å². The number of likely N-dealkylation sites (tertiary alicyclic amines) is 1. The third kappa shape index (κ3) is 12.5. The van der Waals surface area contributed by atoms with Crippen molar-refractivity contribution in [2.75, 3.05) is 34.2 Å². The second-order valence-electron chi connectivity index (χ2n) is 19.5. The molecule has 0 unspecified atom stereocenters. The lowest BCUT2D eigenvalue weighted by Crippen LogP contribution is -2.65. The summed E-state index contributed by atoms with van der Waals surface area (Å²) < 4.78 is 85.7. The molecule has 2 aliphatic carbocycles. The fourth-order valence-electron chi connectivity index (χ4n) is 9.63. The van der Waals surface area contributed by atoms with Crippen molar-refractivity contribution in [3.05, 3.63) is 33.8 Å². The summed E-state index contributed by atoms with van der Waals surface area (Å²) in [5, 5.41) is 8.74. The van der Waals surface area contributed by atoms with E-state index in [4.69, 9.17) is 23.2 Å². The van der Waals surface area contributed by atoms with Gasteiger partial charge in [-0.3, -0.25) is 33.6 Å². The molecule has 22 heteroatoms. The zero-order valence-electron chi connectivity index (χ0n) is 39.2. The smallest absolute Gasteiger partial charge is 0.344 e. The minimum atomic E-state index is -5.42. The largest absolute Gasteiger partial charge is 0.403 e. The number of likely N-dealkylation sites (N-methyl/N-ethyl adjacent to an activating group) is 3. The summed E-state index contributed by atoms with van der Waals surface area (Å²) in [5.74, 6) is -10.4. The number of benzene rings is 1. The highest BCUT2D eigenvalue weighted by Crippen LogP contribution is 2.61. The molecule has 2 saturated heterocycles. The van der Waals surface area contributed by atoms with E-state index in [1.807, 2.05) is 13.8 Å². The molecule has 68 heavy (non-hydrogen) atoms. The van der Waals surface area contributed by atoms with Gasteiger partial charge in [0.15, 0.2) is 5.41 Å². The predicted molar refractivity (Wildman–Crippen MR) is 240 cm³/mol. The highest BCUT2D eigenvalue weighted by molar-refractivity contribution is 6.33. The Balaban J connectivity index is 1.45. The Labute approximate surface area is 402 Å². The first kappa shape index (κ1) is 54.6. The van der Waals surface area contributed by atoms with Crippen molar-refractivity contribution in [3.8, 4) is 0 Å². The maximum absolute atomic E-state index is 15.0. The highest BCUT2D eigenvalue weighted by Gasteiger charge is 2.75. The van der Waals surface area contributed by atoms with Crippen LogP contribution in [0, 0.1) is 17.3 Å². The van der Waals surface area contributed by atoms with Crippen LogP contribution < -0.4 is 16.0 Å². The van der Waals surface area contributed by atoms with Crippen molar-refractivity contribution < 1.29 is 59.9 Å². The second kappa shape index (κ2) is 22.2. The SMILES string of the molecule is CC[C@H]1NC(=O)[C@H](Cc2cc(Cl)ccc2Cl)N(C)C(=O)[C@H](CC(C)C)NC(=O)[C@@H](N(C)C(=O)[C@H](CC2CCC2)NC(=O)[C@@H]2C[C@@H](F)CN2C(=O)C2(C(F)(F)F)CC(F)(F)C2)CCCCN(C)C1=O. The minimum Gasteiger partial charge on any atom is -0.344 e. The fraction of sp³-hybridized carbons (Fsp3) is 0.717. The third-order valence-electron chi connectivity index (χ3n) is 13.9. The average Bonchev–Trinajstić information content (AvgIpc) is 3.64. The van der Waals surface area contributed by atoms with Crippen LogP contribution in [0.5, 0.6) is 0 Å². The molecule has 7 amide bonds. The van der Waals surface area contributed by atoms with Gasteiger partial charge in [0.25, 0.3) is 5.92 Å². The molecular weight excluding hydrogens is 947 g/mol. The number of rotatable bonds is 12. The van der Waals surface area contributed by atoms with Crippen LogP contribution >= 0.6 is 23.2 Å². The Morgan fingerprint density at radius 3 is 2.15 bits per heavy atom. The first-order valence-corrected chi connectivity index (χ1v) is 24.0. The number of hydrogen-bond acceptors (Lipinski definition) is 7. The van der Waals surface area contributed by atoms with E-state index in [2.05, 4.69) is 16.0 Å². The van der Waals surface area contributed by atoms with Gasteiger partial charge in [-0.2, -0.15) is 13.2 Å². The van der Waals surface area contributed by atoms with E-state index in [9.17, 15) is 59.9 Å². The van der Waals surface area contributed by atoms with Crippen LogP contribution in [0.15, 0.2) is 18.2 Å². The van der Waals surface area contributed by atoms with Gasteiger partial charge >= 0.3 is 6.18 Å². The maximum Gasteiger partial charge on any atom is 0.403 e. The van der Waals surface area contributed by atoms with Crippen LogP contribution in [0.4, 0.5) is 26.3 Å². The molecule has 7 atom stereocenters. The average molecular weight is 1010 g/mol. The fourth-order valence-corrected chi connectivity index (χ4v) is 10.0. The molecule has 1 aromatic carbocycles. The van der Waals surface area contributed by atoms with E-state index >= 15 is 0 Å². The van der Waals surface area contributed by atoms with Gasteiger partial charge in [-0.1, -0.05) is 63.2 Å². The van der Waals surface area contributed by atoms with Gasteiger partial charge in [0, 0.05) is 63.4 Å². The van der Waals surface area contributed by atoms with E-state index in [1.165, 1.54) is 23.9 Å². The number of nitrogens with zero attached hydrogens (tertiary/aromatic N) is 4. The van der Waals surface area contributed by atoms with Crippen molar-refractivity contribution in [2.24, 2.45) is 17.3 Å². The zero-order valence-corrected chi connectivity index (χ0v) is 40.7. The monoisotopic (exact) mass is 1010 g/mol. The second-order valence-corrected chi connectivity index (χ2v) is 20.3. The van der Waals surface area contributed by atoms with E-state index in [0.717, 1.165) is 11.3 Å². The lowest BCUT2D eigenvalue weighted by molar-refractivity contribution is -0.299. The Bertz CT molecular complexity index is 2050. The van der Waals surface area contributed by atoms with E-state index < -0.39 is 127 Å². The normalized spacial score (nSPS) is 27.0. The predicted octanol–water partition coefficient (Wildman–Crippen LogP) is 5.85. The molecule has 3 N–H and O–H groups in total. The molecule has 380 valence electrons. The summed E-state index contributed by atoms with van der Waals surface area (Å²) >= 11 is 12.8. The Morgan fingerprint density at radius 2 is 1.57 bits per heavy atom. The molecule has 4 fully saturated rings. The molecule has 0 spiro atoms.